The second kappa shape index (κ2) is 37.7. The number of anilines is 6. The molecule has 12 N–H and O–H groups in total. The number of carbonyl (C=O) groups is 5. The average Bonchev–Trinajstić information content (AvgIpc) is 1.66. The van der Waals surface area contributed by atoms with Crippen molar-refractivity contribution in [2.24, 2.45) is 5.73 Å². The number of amides is 4. The molecule has 0 unspecified atom stereocenters. The Labute approximate surface area is 632 Å². The van der Waals surface area contributed by atoms with Gasteiger partial charge < -0.3 is 78.0 Å². The maximum absolute atomic E-state index is 12.7. The van der Waals surface area contributed by atoms with Crippen molar-refractivity contribution in [1.82, 2.24) is 55.7 Å². The van der Waals surface area contributed by atoms with E-state index < -0.39 is 5.97 Å². The zero-order valence-electron chi connectivity index (χ0n) is 59.2. The summed E-state index contributed by atoms with van der Waals surface area (Å²) in [6.07, 6.45) is 6.75. The number of benzene rings is 5. The minimum atomic E-state index is -1.04. The molecule has 3 aliphatic rings. The van der Waals surface area contributed by atoms with Crippen LogP contribution in [0.15, 0.2) is 152 Å². The van der Waals surface area contributed by atoms with Crippen LogP contribution in [0.1, 0.15) is 73.9 Å². The van der Waals surface area contributed by atoms with E-state index in [0.717, 1.165) is 116 Å². The molecule has 26 nitrogen and oxygen atoms in total. The fourth-order valence-electron chi connectivity index (χ4n) is 11.8. The highest BCUT2D eigenvalue weighted by molar-refractivity contribution is 7.21. The largest absolute Gasteiger partial charge is 0.477 e. The molecule has 0 spiro atoms. The summed E-state index contributed by atoms with van der Waals surface area (Å²) >= 11 is 3.60. The number of carboxylic acids is 1. The molecule has 3 aliphatic heterocycles. The number of carboxylic acid groups (broad SMARTS) is 1. The van der Waals surface area contributed by atoms with Crippen LogP contribution in [0.2, 0.25) is 0 Å². The first kappa shape index (κ1) is 77.8. The number of aryl methyl sites for hydroxylation is 3. The smallest absolute Gasteiger partial charge is 0.410 e. The van der Waals surface area contributed by atoms with E-state index in [1.807, 2.05) is 74.5 Å². The predicted molar refractivity (Wildman–Crippen MR) is 424 cm³/mol. The van der Waals surface area contributed by atoms with Crippen LogP contribution >= 0.6 is 46.4 Å². The first-order valence-corrected chi connectivity index (χ1v) is 37.1. The van der Waals surface area contributed by atoms with Crippen molar-refractivity contribution in [3.8, 4) is 0 Å². The normalized spacial score (nSPS) is 13.5. The lowest BCUT2D eigenvalue weighted by molar-refractivity contribution is 0.0702. The Kier molecular flexibility index (Phi) is 27.7. The lowest BCUT2D eigenvalue weighted by Gasteiger charge is -2.35. The van der Waals surface area contributed by atoms with Crippen molar-refractivity contribution in [2.45, 2.75) is 53.2 Å². The topological polar surface area (TPSA) is 358 Å². The summed E-state index contributed by atoms with van der Waals surface area (Å²) in [7, 11) is 0. The zero-order chi connectivity index (χ0) is 73.8. The minimum absolute atomic E-state index is 0. The van der Waals surface area contributed by atoms with Gasteiger partial charge in [0.1, 0.15) is 58.9 Å². The van der Waals surface area contributed by atoms with E-state index in [1.165, 1.54) is 45.2 Å². The van der Waals surface area contributed by atoms with Gasteiger partial charge in [-0.3, -0.25) is 9.59 Å². The first-order chi connectivity index (χ1) is 50.9. The monoisotopic (exact) mass is 1510 g/mol. The standard InChI is InChI=1S/C28H30N6O3S.C20H24N6OS.C20H25N3O2.C8H7N3O2S.ClH/c1-19-17-31-24-23(29)25(38-27(24)32-19)26(35)30-12-11-20-7-9-22(10-8-20)33-13-15-34(16-14-33)28(36)37-18-21-5-3-2-4-6-21;1-13-12-24-17-16(21)18(28-20(17)25-13)19(27)23-7-6-14-2-4-15(5-3-14)26-10-8-22-9-11-26;21-11-10-17-6-8-19(9-7-17)22-12-14-23(15-13-22)20(24)25-16-18-4-2-1-3-5-18;1-3-2-10-5-4(9)6(8(12)13)14-7(5)11-3;/h2-10,17H,11-16,18,29H2,1H3,(H,30,35);2-5,12,22H,6-11,21H2,1H3,(H,23,27);1-9H,10-16,21H2;2H,9H2,1H3,(H,12,13);1H. The van der Waals surface area contributed by atoms with Crippen molar-refractivity contribution in [3.05, 3.63) is 212 Å². The number of nitrogens with zero attached hydrogens (tertiary/aromatic N) is 11. The van der Waals surface area contributed by atoms with Gasteiger partial charge in [-0.05, 0) is 111 Å². The number of nitrogens with two attached hydrogens (primary N) is 4. The van der Waals surface area contributed by atoms with Gasteiger partial charge >= 0.3 is 18.2 Å². The number of hydrogen-bond donors (Lipinski definition) is 8. The van der Waals surface area contributed by atoms with Gasteiger partial charge in [0.05, 0.1) is 34.1 Å². The number of hydrogen-bond acceptors (Lipinski definition) is 24. The molecule has 9 heterocycles. The van der Waals surface area contributed by atoms with Crippen LogP contribution < -0.4 is 53.6 Å². The molecule has 0 atom stereocenters. The third kappa shape index (κ3) is 20.8. The van der Waals surface area contributed by atoms with Gasteiger partial charge in [0.25, 0.3) is 11.8 Å². The van der Waals surface area contributed by atoms with Crippen LogP contribution in [0.4, 0.5) is 43.7 Å². The van der Waals surface area contributed by atoms with Crippen LogP contribution in [-0.4, -0.2) is 173 Å². The summed E-state index contributed by atoms with van der Waals surface area (Å²) in [5.74, 6) is -1.41. The molecule has 4 amide bonds. The Hall–Kier alpha value is -10.8. The first-order valence-electron chi connectivity index (χ1n) is 34.6. The minimum Gasteiger partial charge on any atom is -0.477 e. The highest BCUT2D eigenvalue weighted by Gasteiger charge is 2.26. The third-order valence-electron chi connectivity index (χ3n) is 17.6. The van der Waals surface area contributed by atoms with E-state index in [-0.39, 0.29) is 53.6 Å². The molecule has 3 fully saturated rings. The van der Waals surface area contributed by atoms with Crippen molar-refractivity contribution in [3.63, 3.8) is 0 Å². The quantitative estimate of drug-likeness (QED) is 0.0396. The number of aromatic nitrogens is 6. The lowest BCUT2D eigenvalue weighted by Crippen LogP contribution is -2.48. The predicted octanol–water partition coefficient (Wildman–Crippen LogP) is 10.3. The van der Waals surface area contributed by atoms with Crippen molar-refractivity contribution < 1.29 is 38.6 Å². The maximum Gasteiger partial charge on any atom is 0.410 e. The highest BCUT2D eigenvalue weighted by atomic mass is 35.5. The molecule has 6 aromatic heterocycles. The molecule has 5 aromatic carbocycles. The summed E-state index contributed by atoms with van der Waals surface area (Å²) in [5, 5.41) is 18.1. The number of halogens is 1. The number of piperazine rings is 3. The summed E-state index contributed by atoms with van der Waals surface area (Å²) in [6.45, 7) is 17.7. The number of carbonyl (C=O) groups excluding carboxylic acids is 4. The number of nitrogens with one attached hydrogen (secondary N) is 3. The molecule has 11 aromatic rings. The Morgan fingerprint density at radius 3 is 1.13 bits per heavy atom. The molecule has 554 valence electrons. The molecule has 0 radical (unpaired) electrons. The Morgan fingerprint density at radius 2 is 0.783 bits per heavy atom. The molecule has 30 heteroatoms. The Balaban J connectivity index is 0.000000158. The van der Waals surface area contributed by atoms with Gasteiger partial charge in [0.15, 0.2) is 0 Å². The Bertz CT molecular complexity index is 4750. The van der Waals surface area contributed by atoms with Gasteiger partial charge in [0, 0.05) is 127 Å². The van der Waals surface area contributed by atoms with Gasteiger partial charge in [-0.2, -0.15) is 0 Å². The van der Waals surface area contributed by atoms with Gasteiger partial charge in [-0.15, -0.1) is 46.4 Å². The maximum atomic E-state index is 12.7. The number of aromatic carboxylic acids is 1. The van der Waals surface area contributed by atoms with Crippen molar-refractivity contribution in [1.29, 1.82) is 0 Å². The van der Waals surface area contributed by atoms with E-state index in [9.17, 15) is 24.0 Å². The average molecular weight is 1510 g/mol. The summed E-state index contributed by atoms with van der Waals surface area (Å²) in [4.78, 5) is 99.6. The van der Waals surface area contributed by atoms with Crippen LogP contribution in [-0.2, 0) is 41.9 Å². The fraction of sp³-hybridized carbons (Fsp3) is 0.303. The van der Waals surface area contributed by atoms with E-state index in [4.69, 9.17) is 37.5 Å². The molecule has 0 aliphatic carbocycles. The summed E-state index contributed by atoms with van der Waals surface area (Å²) in [5.41, 5.74) is 37.5. The summed E-state index contributed by atoms with van der Waals surface area (Å²) in [6, 6.07) is 44.9. The molecule has 3 saturated heterocycles. The highest BCUT2D eigenvalue weighted by Crippen LogP contribution is 2.34. The number of thiophene rings is 3. The number of nitrogen functional groups attached to an aromatic ring is 3. The molecule has 0 bridgehead atoms. The number of rotatable bonds is 18. The van der Waals surface area contributed by atoms with Crippen LogP contribution in [0.5, 0.6) is 0 Å². The molecule has 106 heavy (non-hydrogen) atoms. The fourth-order valence-corrected chi connectivity index (χ4v) is 14.8. The Morgan fingerprint density at radius 1 is 0.453 bits per heavy atom. The second-order valence-corrected chi connectivity index (χ2v) is 28.1. The number of ether oxygens (including phenoxy) is 2. The molecule has 14 rings (SSSR count). The van der Waals surface area contributed by atoms with Crippen LogP contribution in [0.3, 0.4) is 0 Å². The SMILES string of the molecule is Cc1cnc2c(N)c(C(=O)NCCc3ccc(N4CCN(C(=O)OCc5ccccc5)CC4)cc3)sc2n1.Cc1cnc2c(N)c(C(=O)NCCc3ccc(N4CCNCC4)cc3)sc2n1.Cc1cnc2c(N)c(C(=O)O)sc2n1.Cl.NCCc1ccc(N2CCN(C(=O)OCc3ccccc3)CC2)cc1. The van der Waals surface area contributed by atoms with E-state index >= 15 is 0 Å². The summed E-state index contributed by atoms with van der Waals surface area (Å²) < 4.78 is 10.9. The lowest BCUT2D eigenvalue weighted by atomic mass is 10.1. The van der Waals surface area contributed by atoms with Gasteiger partial charge in [-0.1, -0.05) is 97.1 Å². The van der Waals surface area contributed by atoms with Crippen molar-refractivity contribution >= 4 is 142 Å². The van der Waals surface area contributed by atoms with Gasteiger partial charge in [-0.25, -0.2) is 44.3 Å². The third-order valence-corrected chi connectivity index (χ3v) is 20.9. The van der Waals surface area contributed by atoms with E-state index in [0.29, 0.717) is 111 Å². The van der Waals surface area contributed by atoms with Gasteiger partial charge in [0.2, 0.25) is 0 Å². The second-order valence-electron chi connectivity index (χ2n) is 25.2. The van der Waals surface area contributed by atoms with E-state index in [1.54, 1.807) is 35.3 Å². The van der Waals surface area contributed by atoms with Crippen LogP contribution in [0, 0.1) is 20.8 Å². The molecular weight excluding hydrogens is 1420 g/mol. The van der Waals surface area contributed by atoms with Crippen molar-refractivity contribution in [2.75, 3.05) is 130 Å². The number of fused-ring (bicyclic) bond motifs is 3. The van der Waals surface area contributed by atoms with Crippen LogP contribution in [0.25, 0.3) is 31.0 Å². The zero-order valence-corrected chi connectivity index (χ0v) is 62.5. The van der Waals surface area contributed by atoms with E-state index in [2.05, 4.69) is 133 Å². The molecular formula is C76H87ClN18O8S3. The molecule has 0 saturated carbocycles.